The molecule has 1 aliphatic heterocycles. The molecule has 2 heterocycles. The van der Waals surface area contributed by atoms with E-state index in [1.165, 1.54) is 28.1 Å². The van der Waals surface area contributed by atoms with Gasteiger partial charge in [-0.3, -0.25) is 14.4 Å². The van der Waals surface area contributed by atoms with Crippen molar-refractivity contribution in [3.63, 3.8) is 0 Å². The van der Waals surface area contributed by atoms with Crippen LogP contribution in [-0.2, 0) is 43.8 Å². The van der Waals surface area contributed by atoms with Crippen molar-refractivity contribution in [1.29, 1.82) is 0 Å². The third-order valence-corrected chi connectivity index (χ3v) is 9.91. The largest absolute Gasteiger partial charge is 0.378 e. The van der Waals surface area contributed by atoms with Crippen molar-refractivity contribution in [2.24, 2.45) is 11.1 Å². The lowest BCUT2D eigenvalue weighted by Crippen LogP contribution is -2.55. The van der Waals surface area contributed by atoms with E-state index in [1.807, 2.05) is 0 Å². The second-order valence-corrected chi connectivity index (χ2v) is 11.7. The molecule has 0 fully saturated rings. The van der Waals surface area contributed by atoms with E-state index in [9.17, 15) is 26.4 Å². The summed E-state index contributed by atoms with van der Waals surface area (Å²) in [4.78, 5) is 31.2. The monoisotopic (exact) mass is 499 g/mol. The molecule has 0 aliphatic carbocycles. The number of carbonyl (C=O) groups excluding carboxylic acids is 2. The van der Waals surface area contributed by atoms with Gasteiger partial charge < -0.3 is 14.8 Å². The summed E-state index contributed by atoms with van der Waals surface area (Å²) in [6, 6.07) is 0.970. The Morgan fingerprint density at radius 3 is 2.45 bits per heavy atom. The van der Waals surface area contributed by atoms with Crippen LogP contribution in [0.5, 0.6) is 0 Å². The molecule has 15 heteroatoms. The highest BCUT2D eigenvalue weighted by atomic mass is 32.3. The summed E-state index contributed by atoms with van der Waals surface area (Å²) < 4.78 is 59.8. The fourth-order valence-electron chi connectivity index (χ4n) is 3.21. The number of rotatable bonds is 9. The van der Waals surface area contributed by atoms with Gasteiger partial charge in [0.15, 0.2) is 11.5 Å². The number of primary sulfonamides is 1. The SMILES string of the molecule is CCOC(C)C(C(=O)N(OC)C(C)OC)C1C(=O)Nc2cc(S(N)(=O)=O)sc2S1(=O)=O. The standard InChI is InChI=1S/C16H25N3O9S3/c1-6-28-8(2)12(15(21)19(27-5)9(3)26-4)13-14(20)18-10-7-11(31(17,24)25)29-16(10)30(13,22)23/h7-9,12-13H,6H2,1-5H3,(H,18,20)(H2,17,24,25). The lowest BCUT2D eigenvalue weighted by atomic mass is 9.96. The number of hydroxylamine groups is 2. The summed E-state index contributed by atoms with van der Waals surface area (Å²) >= 11 is 0.397. The minimum atomic E-state index is -4.49. The third kappa shape index (κ3) is 4.92. The van der Waals surface area contributed by atoms with Gasteiger partial charge in [-0.15, -0.1) is 11.3 Å². The Balaban J connectivity index is 2.64. The van der Waals surface area contributed by atoms with Gasteiger partial charge in [0.1, 0.15) is 8.42 Å². The number of methoxy groups -OCH3 is 1. The number of nitrogens with one attached hydrogen (secondary N) is 1. The molecule has 4 atom stereocenters. The van der Waals surface area contributed by atoms with Gasteiger partial charge in [-0.25, -0.2) is 22.0 Å². The molecule has 3 N–H and O–H groups in total. The number of carbonyl (C=O) groups is 2. The highest BCUT2D eigenvalue weighted by Crippen LogP contribution is 2.42. The second kappa shape index (κ2) is 9.48. The molecule has 12 nitrogen and oxygen atoms in total. The maximum absolute atomic E-state index is 13.4. The van der Waals surface area contributed by atoms with Crippen LogP contribution in [0, 0.1) is 5.92 Å². The predicted molar refractivity (Wildman–Crippen MR) is 110 cm³/mol. The molecule has 31 heavy (non-hydrogen) atoms. The Morgan fingerprint density at radius 1 is 1.35 bits per heavy atom. The number of hydrogen-bond donors (Lipinski definition) is 2. The number of nitrogens with zero attached hydrogens (tertiary/aromatic N) is 1. The van der Waals surface area contributed by atoms with Gasteiger partial charge in [-0.1, -0.05) is 0 Å². The lowest BCUT2D eigenvalue weighted by Gasteiger charge is -2.35. The predicted octanol–water partition coefficient (Wildman–Crippen LogP) is -0.0865. The summed E-state index contributed by atoms with van der Waals surface area (Å²) in [5.74, 6) is -3.37. The number of thiophene rings is 1. The minimum Gasteiger partial charge on any atom is -0.378 e. The molecule has 4 unspecified atom stereocenters. The number of nitrogens with two attached hydrogens (primary N) is 1. The number of ether oxygens (including phenoxy) is 2. The van der Waals surface area contributed by atoms with Gasteiger partial charge in [0.05, 0.1) is 24.8 Å². The van der Waals surface area contributed by atoms with Crippen LogP contribution in [0.2, 0.25) is 0 Å². The third-order valence-electron chi connectivity index (χ3n) is 4.70. The first kappa shape index (κ1) is 25.6. The Kier molecular flexibility index (Phi) is 7.84. The first-order valence-electron chi connectivity index (χ1n) is 9.04. The van der Waals surface area contributed by atoms with Crippen LogP contribution in [0.3, 0.4) is 0 Å². The molecule has 0 spiro atoms. The van der Waals surface area contributed by atoms with Crippen LogP contribution in [0.4, 0.5) is 5.69 Å². The zero-order chi connectivity index (χ0) is 23.7. The highest BCUT2D eigenvalue weighted by molar-refractivity contribution is 7.96. The molecule has 1 aliphatic rings. The van der Waals surface area contributed by atoms with E-state index in [-0.39, 0.29) is 12.3 Å². The topological polar surface area (TPSA) is 171 Å². The van der Waals surface area contributed by atoms with Crippen molar-refractivity contribution in [2.75, 3.05) is 26.1 Å². The highest BCUT2D eigenvalue weighted by Gasteiger charge is 2.53. The van der Waals surface area contributed by atoms with Crippen molar-refractivity contribution in [3.05, 3.63) is 6.07 Å². The first-order chi connectivity index (χ1) is 14.3. The van der Waals surface area contributed by atoms with Crippen LogP contribution in [0.25, 0.3) is 0 Å². The van der Waals surface area contributed by atoms with Gasteiger partial charge in [0, 0.05) is 13.7 Å². The summed E-state index contributed by atoms with van der Waals surface area (Å²) in [6.07, 6.45) is -1.90. The summed E-state index contributed by atoms with van der Waals surface area (Å²) in [7, 11) is -6.18. The van der Waals surface area contributed by atoms with E-state index in [1.54, 1.807) is 6.92 Å². The molecule has 0 radical (unpaired) electrons. The van der Waals surface area contributed by atoms with E-state index < -0.39 is 63.6 Å². The van der Waals surface area contributed by atoms with Crippen molar-refractivity contribution in [3.8, 4) is 0 Å². The summed E-state index contributed by atoms with van der Waals surface area (Å²) in [5.41, 5.74) is -0.209. The van der Waals surface area contributed by atoms with E-state index in [0.29, 0.717) is 11.3 Å². The fraction of sp³-hybridized carbons (Fsp3) is 0.625. The average molecular weight is 500 g/mol. The molecule has 0 saturated carbocycles. The van der Waals surface area contributed by atoms with E-state index in [4.69, 9.17) is 19.5 Å². The van der Waals surface area contributed by atoms with Gasteiger partial charge >= 0.3 is 0 Å². The molecule has 0 saturated heterocycles. The zero-order valence-electron chi connectivity index (χ0n) is 17.5. The Hall–Kier alpha value is -1.62. The molecule has 0 bridgehead atoms. The minimum absolute atomic E-state index is 0.145. The Bertz CT molecular complexity index is 1050. The van der Waals surface area contributed by atoms with Gasteiger partial charge in [0.25, 0.3) is 5.91 Å². The van der Waals surface area contributed by atoms with Crippen molar-refractivity contribution >= 4 is 48.7 Å². The average Bonchev–Trinajstić information content (AvgIpc) is 3.10. The number of hydrogen-bond acceptors (Lipinski definition) is 10. The Morgan fingerprint density at radius 2 is 1.97 bits per heavy atom. The first-order valence-corrected chi connectivity index (χ1v) is 12.9. The van der Waals surface area contributed by atoms with E-state index >= 15 is 0 Å². The smallest absolute Gasteiger partial charge is 0.256 e. The lowest BCUT2D eigenvalue weighted by molar-refractivity contribution is -0.229. The number of fused-ring (bicyclic) bond motifs is 1. The maximum Gasteiger partial charge on any atom is 0.256 e. The fourth-order valence-corrected chi connectivity index (χ4v) is 7.70. The van der Waals surface area contributed by atoms with Crippen molar-refractivity contribution in [2.45, 2.75) is 46.8 Å². The van der Waals surface area contributed by atoms with Crippen LogP contribution < -0.4 is 10.5 Å². The second-order valence-electron chi connectivity index (χ2n) is 6.63. The molecule has 0 aromatic carbocycles. The zero-order valence-corrected chi connectivity index (χ0v) is 20.0. The number of sulfone groups is 1. The summed E-state index contributed by atoms with van der Waals surface area (Å²) in [6.45, 7) is 4.75. The number of amides is 2. The molecule has 1 aromatic heterocycles. The number of sulfonamides is 1. The maximum atomic E-state index is 13.4. The van der Waals surface area contributed by atoms with Gasteiger partial charge in [0.2, 0.25) is 25.8 Å². The molecular weight excluding hydrogens is 474 g/mol. The van der Waals surface area contributed by atoms with Gasteiger partial charge in [-0.2, -0.15) is 5.06 Å². The molecule has 1 aromatic rings. The van der Waals surface area contributed by atoms with Crippen LogP contribution in [-0.4, -0.2) is 72.1 Å². The molecule has 2 amide bonds. The normalized spacial score (nSPS) is 21.0. The Labute approximate surface area is 184 Å². The molecule has 2 rings (SSSR count). The molecule has 176 valence electrons. The van der Waals surface area contributed by atoms with E-state index in [0.717, 1.165) is 11.1 Å². The summed E-state index contributed by atoms with van der Waals surface area (Å²) in [5, 5.41) is 6.37. The van der Waals surface area contributed by atoms with Crippen LogP contribution >= 0.6 is 11.3 Å². The molecular formula is C16H25N3O9S3. The van der Waals surface area contributed by atoms with E-state index in [2.05, 4.69) is 5.32 Å². The van der Waals surface area contributed by atoms with Crippen LogP contribution in [0.1, 0.15) is 20.8 Å². The van der Waals surface area contributed by atoms with Gasteiger partial charge in [-0.05, 0) is 26.8 Å². The number of anilines is 1. The quantitative estimate of drug-likeness (QED) is 0.348. The van der Waals surface area contributed by atoms with Crippen molar-refractivity contribution < 1.29 is 40.7 Å². The van der Waals surface area contributed by atoms with Crippen molar-refractivity contribution in [1.82, 2.24) is 5.06 Å². The van der Waals surface area contributed by atoms with Crippen LogP contribution in [0.15, 0.2) is 14.5 Å².